The van der Waals surface area contributed by atoms with E-state index in [1.54, 1.807) is 17.8 Å². The number of nitrogens with one attached hydrogen (secondary N) is 2. The van der Waals surface area contributed by atoms with E-state index in [2.05, 4.69) is 10.6 Å². The number of carboxylic acids is 1. The zero-order chi connectivity index (χ0) is 14.8. The normalized spacial score (nSPS) is 12.1. The van der Waals surface area contributed by atoms with E-state index < -0.39 is 18.0 Å². The topological polar surface area (TPSA) is 78.4 Å². The lowest BCUT2D eigenvalue weighted by molar-refractivity contribution is -0.139. The predicted molar refractivity (Wildman–Crippen MR) is 81.6 cm³/mol. The highest BCUT2D eigenvalue weighted by Gasteiger charge is 2.18. The molecule has 0 radical (unpaired) electrons. The van der Waals surface area contributed by atoms with Gasteiger partial charge in [-0.25, -0.2) is 9.59 Å². The third-order valence-electron chi connectivity index (χ3n) is 2.50. The number of carboxylic acid groups (broad SMARTS) is 1. The molecule has 0 saturated carbocycles. The van der Waals surface area contributed by atoms with E-state index in [0.717, 1.165) is 5.56 Å². The number of carbonyl (C=O) groups excluding carboxylic acids is 1. The molecule has 1 atom stereocenters. The van der Waals surface area contributed by atoms with E-state index in [1.807, 2.05) is 36.6 Å². The van der Waals surface area contributed by atoms with Crippen LogP contribution in [0.4, 0.5) is 4.79 Å². The zero-order valence-corrected chi connectivity index (χ0v) is 12.0. The number of hydrogen-bond acceptors (Lipinski definition) is 3. The van der Waals surface area contributed by atoms with E-state index in [-0.39, 0.29) is 0 Å². The second kappa shape index (κ2) is 9.03. The maximum Gasteiger partial charge on any atom is 0.326 e. The van der Waals surface area contributed by atoms with Gasteiger partial charge in [-0.3, -0.25) is 0 Å². The molecule has 2 amide bonds. The number of benzene rings is 1. The van der Waals surface area contributed by atoms with Crippen LogP contribution >= 0.6 is 11.8 Å². The van der Waals surface area contributed by atoms with Crippen molar-refractivity contribution in [1.29, 1.82) is 0 Å². The van der Waals surface area contributed by atoms with Gasteiger partial charge in [-0.2, -0.15) is 11.8 Å². The first-order chi connectivity index (χ1) is 9.63. The molecule has 0 bridgehead atoms. The second-order valence-corrected chi connectivity index (χ2v) is 5.02. The third kappa shape index (κ3) is 6.29. The summed E-state index contributed by atoms with van der Waals surface area (Å²) in [5, 5.41) is 13.9. The Morgan fingerprint density at radius 2 is 2.05 bits per heavy atom. The summed E-state index contributed by atoms with van der Waals surface area (Å²) >= 11 is 1.54. The van der Waals surface area contributed by atoms with Crippen LogP contribution in [-0.4, -0.2) is 35.2 Å². The molecular formula is C14H18N2O3S. The highest BCUT2D eigenvalue weighted by Crippen LogP contribution is 2.01. The van der Waals surface area contributed by atoms with Gasteiger partial charge in [0.1, 0.15) is 6.04 Å². The van der Waals surface area contributed by atoms with Crippen molar-refractivity contribution >= 4 is 29.8 Å². The Kier molecular flexibility index (Phi) is 7.27. The molecule has 5 nitrogen and oxygen atoms in total. The van der Waals surface area contributed by atoms with Crippen LogP contribution in [0.25, 0.3) is 6.08 Å². The number of carbonyl (C=O) groups is 2. The first-order valence-corrected chi connectivity index (χ1v) is 7.53. The molecule has 0 aliphatic rings. The molecule has 0 fully saturated rings. The predicted octanol–water partition coefficient (Wildman–Crippen LogP) is 2.16. The lowest BCUT2D eigenvalue weighted by Crippen LogP contribution is -2.44. The summed E-state index contributed by atoms with van der Waals surface area (Å²) in [6, 6.07) is 8.09. The van der Waals surface area contributed by atoms with Crippen molar-refractivity contribution in [3.63, 3.8) is 0 Å². The fourth-order valence-electron chi connectivity index (χ4n) is 1.47. The van der Waals surface area contributed by atoms with E-state index in [1.165, 1.54) is 6.20 Å². The third-order valence-corrected chi connectivity index (χ3v) is 3.15. The monoisotopic (exact) mass is 294 g/mol. The van der Waals surface area contributed by atoms with Gasteiger partial charge in [-0.15, -0.1) is 0 Å². The van der Waals surface area contributed by atoms with Crippen LogP contribution < -0.4 is 10.6 Å². The SMILES string of the molecule is CSCCC(NC(=O)NC=Cc1ccccc1)C(=O)O. The minimum Gasteiger partial charge on any atom is -0.480 e. The van der Waals surface area contributed by atoms with Gasteiger partial charge in [0, 0.05) is 6.20 Å². The molecular weight excluding hydrogens is 276 g/mol. The van der Waals surface area contributed by atoms with Crippen LogP contribution in [-0.2, 0) is 4.79 Å². The highest BCUT2D eigenvalue weighted by atomic mass is 32.2. The molecule has 0 aliphatic carbocycles. The molecule has 6 heteroatoms. The average Bonchev–Trinajstić information content (AvgIpc) is 2.44. The van der Waals surface area contributed by atoms with Crippen LogP contribution in [0.3, 0.4) is 0 Å². The van der Waals surface area contributed by atoms with Crippen LogP contribution in [0.5, 0.6) is 0 Å². The summed E-state index contributed by atoms with van der Waals surface area (Å²) in [5.74, 6) is -0.349. The molecule has 0 spiro atoms. The standard InChI is InChI=1S/C14H18N2O3S/c1-20-10-8-12(13(17)18)16-14(19)15-9-7-11-5-3-2-4-6-11/h2-7,9,12H,8,10H2,1H3,(H,17,18)(H2,15,16,19). The molecule has 0 saturated heterocycles. The van der Waals surface area contributed by atoms with Gasteiger partial charge in [0.2, 0.25) is 0 Å². The lowest BCUT2D eigenvalue weighted by atomic mass is 10.2. The van der Waals surface area contributed by atoms with E-state index in [9.17, 15) is 9.59 Å². The van der Waals surface area contributed by atoms with Crippen molar-refractivity contribution in [2.24, 2.45) is 0 Å². The van der Waals surface area contributed by atoms with Crippen molar-refractivity contribution in [1.82, 2.24) is 10.6 Å². The first-order valence-electron chi connectivity index (χ1n) is 6.14. The molecule has 20 heavy (non-hydrogen) atoms. The van der Waals surface area contributed by atoms with Crippen LogP contribution in [0.2, 0.25) is 0 Å². The lowest BCUT2D eigenvalue weighted by Gasteiger charge is -2.13. The Labute approximate surface area is 122 Å². The van der Waals surface area contributed by atoms with Crippen molar-refractivity contribution < 1.29 is 14.7 Å². The first kappa shape index (κ1) is 16.1. The number of urea groups is 1. The number of thioether (sulfide) groups is 1. The van der Waals surface area contributed by atoms with E-state index >= 15 is 0 Å². The zero-order valence-electron chi connectivity index (χ0n) is 11.2. The maximum atomic E-state index is 11.6. The Bertz CT molecular complexity index is 463. The van der Waals surface area contributed by atoms with E-state index in [4.69, 9.17) is 5.11 Å². The molecule has 0 aliphatic heterocycles. The van der Waals surface area contributed by atoms with Crippen molar-refractivity contribution in [2.45, 2.75) is 12.5 Å². The fraction of sp³-hybridized carbons (Fsp3) is 0.286. The average molecular weight is 294 g/mol. The van der Waals surface area contributed by atoms with Crippen molar-refractivity contribution in [2.75, 3.05) is 12.0 Å². The Morgan fingerprint density at radius 3 is 2.65 bits per heavy atom. The van der Waals surface area contributed by atoms with Crippen LogP contribution in [0.1, 0.15) is 12.0 Å². The summed E-state index contributed by atoms with van der Waals surface area (Å²) in [4.78, 5) is 22.5. The molecule has 0 heterocycles. The number of rotatable bonds is 7. The molecule has 1 rings (SSSR count). The number of hydrogen-bond donors (Lipinski definition) is 3. The number of aliphatic carboxylic acids is 1. The maximum absolute atomic E-state index is 11.6. The van der Waals surface area contributed by atoms with Gasteiger partial charge in [-0.05, 0) is 30.1 Å². The van der Waals surface area contributed by atoms with Gasteiger partial charge in [0.15, 0.2) is 0 Å². The van der Waals surface area contributed by atoms with Crippen molar-refractivity contribution in [3.05, 3.63) is 42.1 Å². The fourth-order valence-corrected chi connectivity index (χ4v) is 1.94. The molecule has 1 aromatic carbocycles. The van der Waals surface area contributed by atoms with Crippen molar-refractivity contribution in [3.8, 4) is 0 Å². The summed E-state index contributed by atoms with van der Waals surface area (Å²) in [5.41, 5.74) is 0.949. The quantitative estimate of drug-likeness (QED) is 0.720. The summed E-state index contributed by atoms with van der Waals surface area (Å²) in [6.45, 7) is 0. The van der Waals surface area contributed by atoms with Gasteiger partial charge < -0.3 is 15.7 Å². The highest BCUT2D eigenvalue weighted by molar-refractivity contribution is 7.98. The Morgan fingerprint density at radius 1 is 1.35 bits per heavy atom. The molecule has 108 valence electrons. The van der Waals surface area contributed by atoms with Gasteiger partial charge >= 0.3 is 12.0 Å². The second-order valence-electron chi connectivity index (χ2n) is 4.03. The van der Waals surface area contributed by atoms with Gasteiger partial charge in [-0.1, -0.05) is 30.3 Å². The van der Waals surface area contributed by atoms with Gasteiger partial charge in [0.05, 0.1) is 0 Å². The summed E-state index contributed by atoms with van der Waals surface area (Å²) in [7, 11) is 0. The minimum atomic E-state index is -1.03. The van der Waals surface area contributed by atoms with Crippen LogP contribution in [0, 0.1) is 0 Å². The Balaban J connectivity index is 2.42. The minimum absolute atomic E-state index is 0.395. The smallest absolute Gasteiger partial charge is 0.326 e. The summed E-state index contributed by atoms with van der Waals surface area (Å²) in [6.07, 6.45) is 5.50. The van der Waals surface area contributed by atoms with Gasteiger partial charge in [0.25, 0.3) is 0 Å². The molecule has 3 N–H and O–H groups in total. The number of amides is 2. The largest absolute Gasteiger partial charge is 0.480 e. The molecule has 1 aromatic rings. The van der Waals surface area contributed by atoms with Crippen LogP contribution in [0.15, 0.2) is 36.5 Å². The molecule has 0 aromatic heterocycles. The van der Waals surface area contributed by atoms with E-state index in [0.29, 0.717) is 12.2 Å². The summed E-state index contributed by atoms with van der Waals surface area (Å²) < 4.78 is 0. The Hall–Kier alpha value is -1.95. The molecule has 1 unspecified atom stereocenters.